The molecule has 4 N–H and O–H groups in total. The van der Waals surface area contributed by atoms with Crippen LogP contribution in [0.15, 0.2) is 24.3 Å². The van der Waals surface area contributed by atoms with Crippen molar-refractivity contribution in [2.75, 3.05) is 37.0 Å². The van der Waals surface area contributed by atoms with Gasteiger partial charge in [0.1, 0.15) is 0 Å². The minimum atomic E-state index is -0.363. The highest BCUT2D eigenvalue weighted by Crippen LogP contribution is 2.14. The van der Waals surface area contributed by atoms with Crippen LogP contribution in [-0.2, 0) is 9.53 Å². The molecule has 0 aliphatic heterocycles. The number of urea groups is 1. The first-order valence-electron chi connectivity index (χ1n) is 6.23. The topological polar surface area (TPSA) is 99.7 Å². The summed E-state index contributed by atoms with van der Waals surface area (Å²) in [6.07, 6.45) is 0. The summed E-state index contributed by atoms with van der Waals surface area (Å²) in [5, 5.41) is 16.4. The van der Waals surface area contributed by atoms with E-state index in [-0.39, 0.29) is 25.2 Å². The summed E-state index contributed by atoms with van der Waals surface area (Å²) in [6, 6.07) is 6.46. The third kappa shape index (κ3) is 6.72. The Bertz CT molecular complexity index is 451. The van der Waals surface area contributed by atoms with Crippen LogP contribution in [0, 0.1) is 0 Å². The maximum atomic E-state index is 11.6. The number of carbonyl (C=O) groups excluding carboxylic acids is 2. The summed E-state index contributed by atoms with van der Waals surface area (Å²) < 4.78 is 5.01. The van der Waals surface area contributed by atoms with Crippen molar-refractivity contribution in [3.05, 3.63) is 24.3 Å². The van der Waals surface area contributed by atoms with Crippen molar-refractivity contribution in [3.63, 3.8) is 0 Å². The monoisotopic (exact) mass is 281 g/mol. The first kappa shape index (κ1) is 15.9. The van der Waals surface area contributed by atoms with Crippen molar-refractivity contribution in [3.8, 4) is 0 Å². The third-order valence-electron chi connectivity index (χ3n) is 2.21. The van der Waals surface area contributed by atoms with Crippen molar-refractivity contribution >= 4 is 23.3 Å². The fraction of sp³-hybridized carbons (Fsp3) is 0.385. The second-order valence-corrected chi connectivity index (χ2v) is 3.98. The maximum Gasteiger partial charge on any atom is 0.319 e. The molecule has 0 aliphatic carbocycles. The molecule has 1 aromatic rings. The smallest absolute Gasteiger partial charge is 0.319 e. The molecule has 0 bridgehead atoms. The van der Waals surface area contributed by atoms with Gasteiger partial charge in [-0.15, -0.1) is 0 Å². The number of hydrogen-bond acceptors (Lipinski definition) is 4. The summed E-state index contributed by atoms with van der Waals surface area (Å²) in [4.78, 5) is 22.5. The first-order valence-corrected chi connectivity index (χ1v) is 6.23. The van der Waals surface area contributed by atoms with Crippen molar-refractivity contribution in [1.29, 1.82) is 0 Å². The van der Waals surface area contributed by atoms with E-state index in [4.69, 9.17) is 9.84 Å². The molecule has 20 heavy (non-hydrogen) atoms. The van der Waals surface area contributed by atoms with Gasteiger partial charge in [-0.2, -0.15) is 0 Å². The van der Waals surface area contributed by atoms with Gasteiger partial charge in [0.15, 0.2) is 0 Å². The quantitative estimate of drug-likeness (QED) is 0.555. The summed E-state index contributed by atoms with van der Waals surface area (Å²) in [7, 11) is 0. The predicted molar refractivity (Wildman–Crippen MR) is 75.7 cm³/mol. The van der Waals surface area contributed by atoms with Gasteiger partial charge in [-0.3, -0.25) is 4.79 Å². The summed E-state index contributed by atoms with van der Waals surface area (Å²) >= 11 is 0. The number of rotatable bonds is 7. The van der Waals surface area contributed by atoms with E-state index in [1.165, 1.54) is 6.92 Å². The highest BCUT2D eigenvalue weighted by atomic mass is 16.5. The minimum absolute atomic E-state index is 0.0395. The Hall–Kier alpha value is -2.12. The lowest BCUT2D eigenvalue weighted by atomic mass is 10.3. The maximum absolute atomic E-state index is 11.6. The number of benzene rings is 1. The Kier molecular flexibility index (Phi) is 7.08. The molecular formula is C13H19N3O4. The molecule has 0 aliphatic rings. The predicted octanol–water partition coefficient (Wildman–Crippen LogP) is 0.775. The average Bonchev–Trinajstić information content (AvgIpc) is 2.38. The number of aliphatic hydroxyl groups is 1. The fourth-order valence-electron chi connectivity index (χ4n) is 1.46. The molecule has 1 rings (SSSR count). The Morgan fingerprint density at radius 2 is 1.90 bits per heavy atom. The number of nitrogens with one attached hydrogen (secondary N) is 3. The molecule has 0 atom stereocenters. The molecule has 3 amide bonds. The molecule has 0 fully saturated rings. The van der Waals surface area contributed by atoms with E-state index in [9.17, 15) is 9.59 Å². The standard InChI is InChI=1S/C13H19N3O4/c1-10(18)15-11-3-2-4-12(9-11)16-13(19)14-5-7-20-8-6-17/h2-4,9,17H,5-8H2,1H3,(H,15,18)(H2,14,16,19). The zero-order chi connectivity index (χ0) is 14.8. The number of carbonyl (C=O) groups is 2. The SMILES string of the molecule is CC(=O)Nc1cccc(NC(=O)NCCOCCO)c1. The second-order valence-electron chi connectivity index (χ2n) is 3.98. The molecule has 7 nitrogen and oxygen atoms in total. The van der Waals surface area contributed by atoms with Gasteiger partial charge in [0.25, 0.3) is 0 Å². The van der Waals surface area contributed by atoms with Crippen molar-refractivity contribution in [1.82, 2.24) is 5.32 Å². The number of ether oxygens (including phenoxy) is 1. The molecule has 0 saturated carbocycles. The molecule has 0 unspecified atom stereocenters. The van der Waals surface area contributed by atoms with E-state index in [1.807, 2.05) is 0 Å². The van der Waals surface area contributed by atoms with Crippen molar-refractivity contribution in [2.45, 2.75) is 6.92 Å². The van der Waals surface area contributed by atoms with Gasteiger partial charge in [0.2, 0.25) is 5.91 Å². The van der Waals surface area contributed by atoms with Crippen LogP contribution in [0.25, 0.3) is 0 Å². The molecular weight excluding hydrogens is 262 g/mol. The van der Waals surface area contributed by atoms with Gasteiger partial charge in [-0.1, -0.05) is 6.07 Å². The fourth-order valence-corrected chi connectivity index (χ4v) is 1.46. The third-order valence-corrected chi connectivity index (χ3v) is 2.21. The normalized spacial score (nSPS) is 9.90. The second kappa shape index (κ2) is 8.89. The molecule has 0 heterocycles. The summed E-state index contributed by atoms with van der Waals surface area (Å²) in [6.45, 7) is 2.31. The molecule has 0 aromatic heterocycles. The molecule has 0 radical (unpaired) electrons. The Morgan fingerprint density at radius 3 is 2.55 bits per heavy atom. The molecule has 0 spiro atoms. The zero-order valence-corrected chi connectivity index (χ0v) is 11.3. The van der Waals surface area contributed by atoms with E-state index < -0.39 is 0 Å². The van der Waals surface area contributed by atoms with Gasteiger partial charge in [-0.25, -0.2) is 4.79 Å². The van der Waals surface area contributed by atoms with Crippen LogP contribution in [0.2, 0.25) is 0 Å². The van der Waals surface area contributed by atoms with Crippen LogP contribution in [0.3, 0.4) is 0 Å². The van der Waals surface area contributed by atoms with Crippen molar-refractivity contribution in [2.24, 2.45) is 0 Å². The van der Waals surface area contributed by atoms with Crippen LogP contribution in [0.1, 0.15) is 6.92 Å². The lowest BCUT2D eigenvalue weighted by Gasteiger charge is -2.09. The number of hydrogen-bond donors (Lipinski definition) is 4. The Labute approximate surface area is 117 Å². The van der Waals surface area contributed by atoms with E-state index in [1.54, 1.807) is 24.3 Å². The van der Waals surface area contributed by atoms with E-state index in [2.05, 4.69) is 16.0 Å². The highest BCUT2D eigenvalue weighted by Gasteiger charge is 2.02. The van der Waals surface area contributed by atoms with E-state index in [0.29, 0.717) is 24.5 Å². The molecule has 0 saturated heterocycles. The number of anilines is 2. The van der Waals surface area contributed by atoms with Gasteiger partial charge < -0.3 is 25.8 Å². The van der Waals surface area contributed by atoms with E-state index in [0.717, 1.165) is 0 Å². The summed E-state index contributed by atoms with van der Waals surface area (Å²) in [5.74, 6) is -0.173. The molecule has 7 heteroatoms. The van der Waals surface area contributed by atoms with Crippen LogP contribution >= 0.6 is 0 Å². The van der Waals surface area contributed by atoms with Gasteiger partial charge >= 0.3 is 6.03 Å². The number of amides is 3. The van der Waals surface area contributed by atoms with Gasteiger partial charge in [-0.05, 0) is 18.2 Å². The van der Waals surface area contributed by atoms with Crippen LogP contribution in [0.5, 0.6) is 0 Å². The average molecular weight is 281 g/mol. The zero-order valence-electron chi connectivity index (χ0n) is 11.3. The lowest BCUT2D eigenvalue weighted by molar-refractivity contribution is -0.114. The molecule has 110 valence electrons. The lowest BCUT2D eigenvalue weighted by Crippen LogP contribution is -2.31. The Balaban J connectivity index is 2.36. The van der Waals surface area contributed by atoms with Crippen molar-refractivity contribution < 1.29 is 19.4 Å². The van der Waals surface area contributed by atoms with E-state index >= 15 is 0 Å². The highest BCUT2D eigenvalue weighted by molar-refractivity contribution is 5.92. The van der Waals surface area contributed by atoms with Gasteiger partial charge in [0.05, 0.1) is 19.8 Å². The van der Waals surface area contributed by atoms with Crippen LogP contribution < -0.4 is 16.0 Å². The Morgan fingerprint density at radius 1 is 1.20 bits per heavy atom. The van der Waals surface area contributed by atoms with Crippen LogP contribution in [-0.4, -0.2) is 43.4 Å². The summed E-state index contributed by atoms with van der Waals surface area (Å²) in [5.41, 5.74) is 1.19. The molecule has 1 aromatic carbocycles. The minimum Gasteiger partial charge on any atom is -0.394 e. The van der Waals surface area contributed by atoms with Crippen LogP contribution in [0.4, 0.5) is 16.2 Å². The first-order chi connectivity index (χ1) is 9.61. The van der Waals surface area contributed by atoms with Gasteiger partial charge in [0, 0.05) is 24.8 Å². The number of aliphatic hydroxyl groups excluding tert-OH is 1. The largest absolute Gasteiger partial charge is 0.394 e.